The summed E-state index contributed by atoms with van der Waals surface area (Å²) >= 11 is 0. The Morgan fingerprint density at radius 1 is 0.688 bits per heavy atom. The normalized spacial score (nSPS) is 11.3. The lowest BCUT2D eigenvalue weighted by Crippen LogP contribution is -2.42. The van der Waals surface area contributed by atoms with Crippen LogP contribution in [0, 0.1) is 0 Å². The van der Waals surface area contributed by atoms with E-state index in [1.165, 1.54) is 29.0 Å². The van der Waals surface area contributed by atoms with Gasteiger partial charge < -0.3 is 4.57 Å². The number of aromatic amines is 4. The largest absolute Gasteiger partial charge is 0.339 e. The number of aromatic nitrogens is 7. The Kier molecular flexibility index (Phi) is 4.86. The van der Waals surface area contributed by atoms with Gasteiger partial charge in [-0.25, -0.2) is 38.3 Å². The molecule has 4 N–H and O–H groups in total. The summed E-state index contributed by atoms with van der Waals surface area (Å²) in [6, 6.07) is 9.22. The van der Waals surface area contributed by atoms with Gasteiger partial charge >= 0.3 is 34.1 Å². The predicted octanol–water partition coefficient (Wildman–Crippen LogP) is -2.17. The lowest BCUT2D eigenvalue weighted by Gasteiger charge is -2.06. The van der Waals surface area contributed by atoms with Crippen molar-refractivity contribution in [3.05, 3.63) is 105 Å². The van der Waals surface area contributed by atoms with Crippen molar-refractivity contribution in [1.29, 1.82) is 0 Å². The zero-order chi connectivity index (χ0) is 23.0. The maximum Gasteiger partial charge on any atom is 0.339 e. The van der Waals surface area contributed by atoms with Gasteiger partial charge in [-0.05, 0) is 29.8 Å². The van der Waals surface area contributed by atoms with Crippen molar-refractivity contribution in [2.75, 3.05) is 0 Å². The smallest absolute Gasteiger partial charge is 0.315 e. The summed E-state index contributed by atoms with van der Waals surface area (Å²) in [7, 11) is 1.58. The molecule has 0 aliphatic heterocycles. The van der Waals surface area contributed by atoms with Crippen LogP contribution in [0.3, 0.4) is 0 Å². The second kappa shape index (κ2) is 7.67. The lowest BCUT2D eigenvalue weighted by atomic mass is 10.2. The van der Waals surface area contributed by atoms with E-state index in [-0.39, 0.29) is 11.5 Å². The van der Waals surface area contributed by atoms with Crippen LogP contribution in [-0.4, -0.2) is 39.9 Å². The fourth-order valence-electron chi connectivity index (χ4n) is 3.00. The zero-order valence-corrected chi connectivity index (χ0v) is 16.3. The van der Waals surface area contributed by atoms with Crippen LogP contribution in [0.4, 0.5) is 5.82 Å². The van der Waals surface area contributed by atoms with E-state index in [0.717, 1.165) is 9.13 Å². The number of rotatable bonds is 4. The molecule has 0 aliphatic rings. The average molecular weight is 438 g/mol. The quantitative estimate of drug-likeness (QED) is 0.262. The molecule has 32 heavy (non-hydrogen) atoms. The molecule has 0 spiro atoms. The number of aliphatic imine (C=N–C) groups is 1. The Bertz CT molecular complexity index is 1640. The van der Waals surface area contributed by atoms with Gasteiger partial charge in [0.1, 0.15) is 11.6 Å². The molecule has 0 bridgehead atoms. The molecule has 0 fully saturated rings. The molecule has 14 nitrogen and oxygen atoms in total. The van der Waals surface area contributed by atoms with E-state index in [4.69, 9.17) is 0 Å². The predicted molar refractivity (Wildman–Crippen MR) is 113 cm³/mol. The van der Waals surface area contributed by atoms with Crippen molar-refractivity contribution in [1.82, 2.24) is 33.6 Å². The molecular formula is C18H14N8O6. The zero-order valence-electron chi connectivity index (χ0n) is 16.3. The highest BCUT2D eigenvalue weighted by atomic mass is 16.2. The molecule has 3 aromatic heterocycles. The van der Waals surface area contributed by atoms with E-state index in [2.05, 4.69) is 4.99 Å². The molecule has 4 aromatic rings. The molecule has 0 unspecified atom stereocenters. The molecule has 0 amide bonds. The lowest BCUT2D eigenvalue weighted by molar-refractivity contribution is 0.731. The Balaban J connectivity index is 1.65. The summed E-state index contributed by atoms with van der Waals surface area (Å²) in [5.74, 6) is 0.585. The van der Waals surface area contributed by atoms with Crippen LogP contribution in [0.5, 0.6) is 0 Å². The van der Waals surface area contributed by atoms with Gasteiger partial charge in [0.2, 0.25) is 0 Å². The van der Waals surface area contributed by atoms with Crippen LogP contribution in [0.1, 0.15) is 5.56 Å². The highest BCUT2D eigenvalue weighted by molar-refractivity contribution is 5.82. The first kappa shape index (κ1) is 20.3. The van der Waals surface area contributed by atoms with Crippen molar-refractivity contribution in [2.24, 2.45) is 12.0 Å². The van der Waals surface area contributed by atoms with Gasteiger partial charge in [0.25, 0.3) is 0 Å². The Morgan fingerprint density at radius 3 is 1.72 bits per heavy atom. The van der Waals surface area contributed by atoms with Gasteiger partial charge in [-0.2, -0.15) is 4.57 Å². The molecule has 0 saturated heterocycles. The standard InChI is InChI=1S/C18H14N8O6/c1-24-11(6-7-12(24)26-17(31)22-14(28)23-18(26)32)19-8-9-2-4-10(5-3-9)25-15(29)20-13(27)21-16(25)30/h2-8H,1H3,(H2,20,21,27,29,30)(H2,22,23,28,31,32). The SMILES string of the molecule is Cn1c(N=Cc2ccc(-n3c(=O)[nH]c(=O)[nH]c3=O)cc2)ccc1-n1c(=O)[nH]c(=O)[nH]c1=O. The maximum absolute atomic E-state index is 12.0. The summed E-state index contributed by atoms with van der Waals surface area (Å²) in [6.07, 6.45) is 1.49. The third-order valence-corrected chi connectivity index (χ3v) is 4.49. The van der Waals surface area contributed by atoms with Gasteiger partial charge in [-0.1, -0.05) is 12.1 Å². The maximum atomic E-state index is 12.0. The summed E-state index contributed by atoms with van der Waals surface area (Å²) in [5.41, 5.74) is -4.47. The van der Waals surface area contributed by atoms with E-state index >= 15 is 0 Å². The summed E-state index contributed by atoms with van der Waals surface area (Å²) in [4.78, 5) is 82.3. The van der Waals surface area contributed by atoms with Crippen LogP contribution in [-0.2, 0) is 7.05 Å². The van der Waals surface area contributed by atoms with Crippen LogP contribution >= 0.6 is 0 Å². The highest BCUT2D eigenvalue weighted by Gasteiger charge is 2.11. The monoisotopic (exact) mass is 438 g/mol. The summed E-state index contributed by atoms with van der Waals surface area (Å²) in [6.45, 7) is 0. The van der Waals surface area contributed by atoms with Gasteiger partial charge in [0.15, 0.2) is 0 Å². The minimum Gasteiger partial charge on any atom is -0.315 e. The molecular weight excluding hydrogens is 424 g/mol. The fourth-order valence-corrected chi connectivity index (χ4v) is 3.00. The fraction of sp³-hybridized carbons (Fsp3) is 0.0556. The third kappa shape index (κ3) is 3.62. The van der Waals surface area contributed by atoms with Gasteiger partial charge in [0, 0.05) is 13.3 Å². The molecule has 162 valence electrons. The number of hydrogen-bond acceptors (Lipinski definition) is 7. The second-order valence-electron chi connectivity index (χ2n) is 6.51. The van der Waals surface area contributed by atoms with Crippen LogP contribution in [0.25, 0.3) is 11.5 Å². The Hall–Kier alpha value is -5.01. The van der Waals surface area contributed by atoms with Crippen LogP contribution in [0.15, 0.2) is 70.2 Å². The minimum absolute atomic E-state index is 0.187. The number of H-pyrrole nitrogens is 4. The topological polar surface area (TPSA) is 193 Å². The molecule has 1 aromatic carbocycles. The Labute approximate surface area is 174 Å². The summed E-state index contributed by atoms with van der Waals surface area (Å²) in [5, 5.41) is 0. The van der Waals surface area contributed by atoms with E-state index < -0.39 is 34.1 Å². The van der Waals surface area contributed by atoms with Crippen LogP contribution in [0.2, 0.25) is 0 Å². The van der Waals surface area contributed by atoms with E-state index in [1.54, 1.807) is 25.2 Å². The van der Waals surface area contributed by atoms with Crippen molar-refractivity contribution in [3.8, 4) is 11.5 Å². The van der Waals surface area contributed by atoms with Crippen molar-refractivity contribution in [3.63, 3.8) is 0 Å². The number of hydrogen-bond donors (Lipinski definition) is 4. The van der Waals surface area contributed by atoms with Crippen molar-refractivity contribution < 1.29 is 0 Å². The van der Waals surface area contributed by atoms with Gasteiger partial charge in [-0.15, -0.1) is 0 Å². The van der Waals surface area contributed by atoms with E-state index in [1.807, 2.05) is 19.9 Å². The summed E-state index contributed by atoms with van der Waals surface area (Å²) < 4.78 is 3.00. The Morgan fingerprint density at radius 2 is 1.19 bits per heavy atom. The van der Waals surface area contributed by atoms with Gasteiger partial charge in [0.05, 0.1) is 5.69 Å². The van der Waals surface area contributed by atoms with Gasteiger partial charge in [-0.3, -0.25) is 19.9 Å². The molecule has 14 heteroatoms. The number of nitrogens with one attached hydrogen (secondary N) is 4. The number of nitrogens with zero attached hydrogens (tertiary/aromatic N) is 4. The molecule has 0 aliphatic carbocycles. The first-order valence-corrected chi connectivity index (χ1v) is 8.96. The average Bonchev–Trinajstić information content (AvgIpc) is 3.06. The van der Waals surface area contributed by atoms with E-state index in [0.29, 0.717) is 11.4 Å². The molecule has 0 saturated carbocycles. The van der Waals surface area contributed by atoms with Crippen molar-refractivity contribution >= 4 is 12.0 Å². The molecule has 0 atom stereocenters. The first-order chi connectivity index (χ1) is 15.2. The second-order valence-corrected chi connectivity index (χ2v) is 6.51. The van der Waals surface area contributed by atoms with Crippen LogP contribution < -0.4 is 34.1 Å². The molecule has 0 radical (unpaired) electrons. The minimum atomic E-state index is -0.904. The molecule has 4 rings (SSSR count). The van der Waals surface area contributed by atoms with Crippen molar-refractivity contribution in [2.45, 2.75) is 0 Å². The molecule has 3 heterocycles. The highest BCUT2D eigenvalue weighted by Crippen LogP contribution is 2.17. The number of benzene rings is 1. The first-order valence-electron chi connectivity index (χ1n) is 8.96. The third-order valence-electron chi connectivity index (χ3n) is 4.49. The van der Waals surface area contributed by atoms with E-state index in [9.17, 15) is 28.8 Å².